The molecule has 0 heterocycles. The van der Waals surface area contributed by atoms with Crippen molar-refractivity contribution in [3.8, 4) is 0 Å². The molecule has 0 spiro atoms. The van der Waals surface area contributed by atoms with Gasteiger partial charge in [0, 0.05) is 12.1 Å². The highest BCUT2D eigenvalue weighted by molar-refractivity contribution is 6.42. The van der Waals surface area contributed by atoms with Gasteiger partial charge in [-0.2, -0.15) is 0 Å². The van der Waals surface area contributed by atoms with Crippen molar-refractivity contribution in [3.05, 3.63) is 69.7 Å². The summed E-state index contributed by atoms with van der Waals surface area (Å²) in [5, 5.41) is 0.697. The Balaban J connectivity index is 2.30. The van der Waals surface area contributed by atoms with Crippen LogP contribution in [0.4, 0.5) is 0 Å². The third kappa shape index (κ3) is 4.97. The van der Waals surface area contributed by atoms with Gasteiger partial charge in [0.15, 0.2) is 0 Å². The summed E-state index contributed by atoms with van der Waals surface area (Å²) < 4.78 is 4.69. The fraction of sp³-hybridized carbons (Fsp3) is 0.263. The largest absolute Gasteiger partial charge is 0.469 e. The minimum absolute atomic E-state index is 0.112. The van der Waals surface area contributed by atoms with Crippen LogP contribution in [-0.4, -0.2) is 30.4 Å². The molecule has 6 heteroatoms. The Kier molecular flexibility index (Phi) is 6.85. The molecule has 0 N–H and O–H groups in total. The van der Waals surface area contributed by atoms with Crippen LogP contribution in [0.15, 0.2) is 48.5 Å². The first kappa shape index (κ1) is 19.3. The number of benzene rings is 2. The Labute approximate surface area is 157 Å². The molecule has 0 radical (unpaired) electrons. The summed E-state index contributed by atoms with van der Waals surface area (Å²) in [5.74, 6) is -0.592. The average Bonchev–Trinajstić information content (AvgIpc) is 2.64. The van der Waals surface area contributed by atoms with Gasteiger partial charge >= 0.3 is 5.97 Å². The number of rotatable bonds is 6. The van der Waals surface area contributed by atoms with Crippen molar-refractivity contribution in [2.24, 2.45) is 0 Å². The molecule has 0 fully saturated rings. The highest BCUT2D eigenvalue weighted by Crippen LogP contribution is 2.26. The van der Waals surface area contributed by atoms with E-state index in [-0.39, 0.29) is 30.9 Å². The zero-order chi connectivity index (χ0) is 18.4. The second kappa shape index (κ2) is 8.88. The van der Waals surface area contributed by atoms with Crippen LogP contribution in [0.5, 0.6) is 0 Å². The Hall–Kier alpha value is -2.04. The van der Waals surface area contributed by atoms with Crippen molar-refractivity contribution in [1.29, 1.82) is 0 Å². The zero-order valence-electron chi connectivity index (χ0n) is 14.0. The van der Waals surface area contributed by atoms with E-state index in [9.17, 15) is 9.59 Å². The lowest BCUT2D eigenvalue weighted by Crippen LogP contribution is -2.35. The molecule has 1 atom stereocenters. The monoisotopic (exact) mass is 379 g/mol. The first-order valence-corrected chi connectivity index (χ1v) is 8.57. The number of nitrogens with zero attached hydrogens (tertiary/aromatic N) is 1. The van der Waals surface area contributed by atoms with E-state index < -0.39 is 0 Å². The maximum absolute atomic E-state index is 13.0. The van der Waals surface area contributed by atoms with Crippen LogP contribution in [0, 0.1) is 0 Å². The van der Waals surface area contributed by atoms with E-state index in [2.05, 4.69) is 0 Å². The van der Waals surface area contributed by atoms with Crippen molar-refractivity contribution in [3.63, 3.8) is 0 Å². The molecule has 0 aliphatic heterocycles. The SMILES string of the molecule is COC(=O)CCN(C(=O)c1ccc(Cl)c(Cl)c1)C(C)c1ccccc1. The Morgan fingerprint density at radius 2 is 1.76 bits per heavy atom. The minimum Gasteiger partial charge on any atom is -0.469 e. The van der Waals surface area contributed by atoms with Crippen molar-refractivity contribution in [2.75, 3.05) is 13.7 Å². The quantitative estimate of drug-likeness (QED) is 0.679. The van der Waals surface area contributed by atoms with E-state index in [0.717, 1.165) is 5.56 Å². The smallest absolute Gasteiger partial charge is 0.307 e. The summed E-state index contributed by atoms with van der Waals surface area (Å²) in [6, 6.07) is 14.2. The summed E-state index contributed by atoms with van der Waals surface area (Å²) in [7, 11) is 1.33. The van der Waals surface area contributed by atoms with Crippen molar-refractivity contribution in [2.45, 2.75) is 19.4 Å². The predicted molar refractivity (Wildman–Crippen MR) is 99.0 cm³/mol. The standard InChI is InChI=1S/C19H19Cl2NO3/c1-13(14-6-4-3-5-7-14)22(11-10-18(23)25-2)19(24)15-8-9-16(20)17(21)12-15/h3-9,12-13H,10-11H2,1-2H3. The van der Waals surface area contributed by atoms with Gasteiger partial charge in [-0.3, -0.25) is 9.59 Å². The first-order valence-electron chi connectivity index (χ1n) is 7.81. The average molecular weight is 380 g/mol. The lowest BCUT2D eigenvalue weighted by molar-refractivity contribution is -0.140. The van der Waals surface area contributed by atoms with E-state index in [1.54, 1.807) is 17.0 Å². The van der Waals surface area contributed by atoms with E-state index >= 15 is 0 Å². The van der Waals surface area contributed by atoms with Gasteiger partial charge in [0.1, 0.15) is 0 Å². The number of carbonyl (C=O) groups is 2. The van der Waals surface area contributed by atoms with E-state index in [1.807, 2.05) is 37.3 Å². The first-order chi connectivity index (χ1) is 11.9. The van der Waals surface area contributed by atoms with Crippen LogP contribution < -0.4 is 0 Å². The van der Waals surface area contributed by atoms with E-state index in [0.29, 0.717) is 15.6 Å². The van der Waals surface area contributed by atoms with Gasteiger partial charge in [-0.05, 0) is 30.7 Å². The van der Waals surface area contributed by atoms with Crippen LogP contribution in [0.3, 0.4) is 0 Å². The molecule has 0 saturated heterocycles. The zero-order valence-corrected chi connectivity index (χ0v) is 15.6. The van der Waals surface area contributed by atoms with Crippen LogP contribution in [-0.2, 0) is 9.53 Å². The summed E-state index contributed by atoms with van der Waals surface area (Å²) in [5.41, 5.74) is 1.39. The van der Waals surface area contributed by atoms with Crippen LogP contribution in [0.2, 0.25) is 10.0 Å². The van der Waals surface area contributed by atoms with Gasteiger partial charge in [0.25, 0.3) is 5.91 Å². The molecule has 2 aromatic carbocycles. The second-order valence-electron chi connectivity index (χ2n) is 5.54. The maximum Gasteiger partial charge on any atom is 0.307 e. The van der Waals surface area contributed by atoms with Gasteiger partial charge in [-0.1, -0.05) is 53.5 Å². The fourth-order valence-corrected chi connectivity index (χ4v) is 2.79. The summed E-state index contributed by atoms with van der Waals surface area (Å²) in [6.45, 7) is 2.16. The Bertz CT molecular complexity index is 750. The molecular weight excluding hydrogens is 361 g/mol. The lowest BCUT2D eigenvalue weighted by atomic mass is 10.1. The lowest BCUT2D eigenvalue weighted by Gasteiger charge is -2.29. The highest BCUT2D eigenvalue weighted by Gasteiger charge is 2.24. The molecule has 132 valence electrons. The fourth-order valence-electron chi connectivity index (χ4n) is 2.49. The number of halogens is 2. The molecule has 2 aromatic rings. The van der Waals surface area contributed by atoms with Crippen molar-refractivity contribution >= 4 is 35.1 Å². The Morgan fingerprint density at radius 3 is 2.36 bits per heavy atom. The normalized spacial score (nSPS) is 11.7. The number of hydrogen-bond donors (Lipinski definition) is 0. The predicted octanol–water partition coefficient (Wildman–Crippen LogP) is 4.76. The number of carbonyl (C=O) groups excluding carboxylic acids is 2. The van der Waals surface area contributed by atoms with Crippen LogP contribution in [0.25, 0.3) is 0 Å². The molecule has 0 aliphatic rings. The molecule has 0 aromatic heterocycles. The topological polar surface area (TPSA) is 46.6 Å². The molecule has 4 nitrogen and oxygen atoms in total. The van der Waals surface area contributed by atoms with E-state index in [1.165, 1.54) is 13.2 Å². The van der Waals surface area contributed by atoms with E-state index in [4.69, 9.17) is 27.9 Å². The third-order valence-corrected chi connectivity index (χ3v) is 4.70. The molecule has 0 bridgehead atoms. The summed E-state index contributed by atoms with van der Waals surface area (Å²) >= 11 is 12.0. The minimum atomic E-state index is -0.368. The molecular formula is C19H19Cl2NO3. The summed E-state index contributed by atoms with van der Waals surface area (Å²) in [4.78, 5) is 26.2. The van der Waals surface area contributed by atoms with Crippen LogP contribution in [0.1, 0.15) is 35.3 Å². The van der Waals surface area contributed by atoms with Crippen molar-refractivity contribution in [1.82, 2.24) is 4.90 Å². The molecule has 2 rings (SSSR count). The van der Waals surface area contributed by atoms with Crippen LogP contribution >= 0.6 is 23.2 Å². The Morgan fingerprint density at radius 1 is 1.08 bits per heavy atom. The molecule has 1 unspecified atom stereocenters. The molecule has 0 saturated carbocycles. The molecule has 25 heavy (non-hydrogen) atoms. The van der Waals surface area contributed by atoms with Gasteiger partial charge in [0.2, 0.25) is 0 Å². The number of methoxy groups -OCH3 is 1. The van der Waals surface area contributed by atoms with Gasteiger partial charge in [-0.15, -0.1) is 0 Å². The molecule has 0 aliphatic carbocycles. The third-order valence-electron chi connectivity index (χ3n) is 3.96. The molecule has 1 amide bonds. The number of ether oxygens (including phenoxy) is 1. The summed E-state index contributed by atoms with van der Waals surface area (Å²) in [6.07, 6.45) is 0.112. The number of hydrogen-bond acceptors (Lipinski definition) is 3. The number of esters is 1. The highest BCUT2D eigenvalue weighted by atomic mass is 35.5. The van der Waals surface area contributed by atoms with Gasteiger partial charge in [0.05, 0.1) is 29.6 Å². The van der Waals surface area contributed by atoms with Gasteiger partial charge in [-0.25, -0.2) is 0 Å². The van der Waals surface area contributed by atoms with Gasteiger partial charge < -0.3 is 9.64 Å². The maximum atomic E-state index is 13.0. The van der Waals surface area contributed by atoms with Crippen molar-refractivity contribution < 1.29 is 14.3 Å². The number of amides is 1. The second-order valence-corrected chi connectivity index (χ2v) is 6.35.